The molecule has 12 heteroatoms. The van der Waals surface area contributed by atoms with Crippen LogP contribution in [0.3, 0.4) is 0 Å². The fourth-order valence-corrected chi connectivity index (χ4v) is 3.55. The number of benzene rings is 2. The molecular weight excluding hydrogens is 457 g/mol. The van der Waals surface area contributed by atoms with Crippen molar-refractivity contribution in [3.63, 3.8) is 0 Å². The number of ether oxygens (including phenoxy) is 2. The van der Waals surface area contributed by atoms with Gasteiger partial charge in [-0.2, -0.15) is 0 Å². The Hall–Kier alpha value is -3.90. The summed E-state index contributed by atoms with van der Waals surface area (Å²) in [5.41, 5.74) is 6.44. The number of hydrogen-bond acceptors (Lipinski definition) is 7. The Morgan fingerprint density at radius 3 is 2.68 bits per heavy atom. The summed E-state index contributed by atoms with van der Waals surface area (Å²) in [4.78, 5) is 30.7. The van der Waals surface area contributed by atoms with Crippen molar-refractivity contribution in [3.8, 4) is 5.75 Å². The highest BCUT2D eigenvalue weighted by molar-refractivity contribution is 6.04. The lowest BCUT2D eigenvalue weighted by atomic mass is 10.1. The molecule has 1 saturated heterocycles. The second kappa shape index (κ2) is 9.15. The number of nitrogens with one attached hydrogen (secondary N) is 1. The molecular formula is C22H19F3N4O5. The third-order valence-electron chi connectivity index (χ3n) is 5.12. The molecule has 9 nitrogen and oxygen atoms in total. The molecule has 2 atom stereocenters. The topological polar surface area (TPSA) is 127 Å². The number of anilines is 3. The van der Waals surface area contributed by atoms with Crippen molar-refractivity contribution in [1.29, 1.82) is 0 Å². The Kier molecular flexibility index (Phi) is 6.26. The molecule has 4 N–H and O–H groups in total. The minimum atomic E-state index is -4.84. The number of aromatic nitrogens is 1. The van der Waals surface area contributed by atoms with E-state index in [0.29, 0.717) is 22.3 Å². The summed E-state index contributed by atoms with van der Waals surface area (Å²) >= 11 is 0. The zero-order chi connectivity index (χ0) is 24.5. The normalized spacial score (nSPS) is 17.5. The number of aliphatic hydroxyl groups excluding tert-OH is 1. The second-order valence-electron chi connectivity index (χ2n) is 7.39. The summed E-state index contributed by atoms with van der Waals surface area (Å²) < 4.78 is 46.2. The lowest BCUT2D eigenvalue weighted by molar-refractivity contribution is -0.274. The smallest absolute Gasteiger partial charge is 0.406 e. The van der Waals surface area contributed by atoms with Crippen LogP contribution in [-0.2, 0) is 14.3 Å². The molecule has 178 valence electrons. The van der Waals surface area contributed by atoms with E-state index in [9.17, 15) is 27.9 Å². The highest BCUT2D eigenvalue weighted by atomic mass is 19.4. The van der Waals surface area contributed by atoms with Gasteiger partial charge in [-0.3, -0.25) is 9.59 Å². The van der Waals surface area contributed by atoms with Crippen LogP contribution < -0.4 is 20.7 Å². The molecule has 1 aromatic heterocycles. The van der Waals surface area contributed by atoms with E-state index in [2.05, 4.69) is 15.0 Å². The number of carbonyl (C=O) groups is 2. The molecule has 1 aliphatic heterocycles. The van der Waals surface area contributed by atoms with Crippen LogP contribution in [-0.4, -0.2) is 53.6 Å². The minimum Gasteiger partial charge on any atom is -0.406 e. The minimum absolute atomic E-state index is 0.00377. The first-order valence-electron chi connectivity index (χ1n) is 10.0. The third-order valence-corrected chi connectivity index (χ3v) is 5.12. The van der Waals surface area contributed by atoms with Crippen LogP contribution in [0.1, 0.15) is 0 Å². The molecule has 0 bridgehead atoms. The van der Waals surface area contributed by atoms with Gasteiger partial charge in [0, 0.05) is 29.5 Å². The van der Waals surface area contributed by atoms with Gasteiger partial charge in [-0.1, -0.05) is 0 Å². The van der Waals surface area contributed by atoms with Crippen LogP contribution in [0.2, 0.25) is 0 Å². The molecule has 2 aromatic carbocycles. The fourth-order valence-electron chi connectivity index (χ4n) is 3.55. The van der Waals surface area contributed by atoms with Gasteiger partial charge < -0.3 is 30.5 Å². The molecule has 0 spiro atoms. The number of pyridine rings is 1. The molecule has 3 aromatic rings. The van der Waals surface area contributed by atoms with Crippen LogP contribution in [0.5, 0.6) is 5.75 Å². The van der Waals surface area contributed by atoms with E-state index in [1.165, 1.54) is 23.2 Å². The summed E-state index contributed by atoms with van der Waals surface area (Å²) in [6, 6.07) is 11.2. The summed E-state index contributed by atoms with van der Waals surface area (Å²) in [7, 11) is 0. The summed E-state index contributed by atoms with van der Waals surface area (Å²) in [5, 5.41) is 14.4. The maximum Gasteiger partial charge on any atom is 0.573 e. The highest BCUT2D eigenvalue weighted by Crippen LogP contribution is 2.27. The number of rotatable bonds is 5. The number of amides is 2. The molecule has 34 heavy (non-hydrogen) atoms. The average molecular weight is 476 g/mol. The van der Waals surface area contributed by atoms with Gasteiger partial charge in [0.2, 0.25) is 0 Å². The SMILES string of the molecule is Nc1nccc2cc(NC(=O)C(O)C3OCCN(c4ccc(OC(F)(F)F)cc4)C3=O)ccc12. The molecule has 2 unspecified atom stereocenters. The van der Waals surface area contributed by atoms with Crippen molar-refractivity contribution in [2.24, 2.45) is 0 Å². The Morgan fingerprint density at radius 2 is 1.97 bits per heavy atom. The second-order valence-corrected chi connectivity index (χ2v) is 7.39. The van der Waals surface area contributed by atoms with E-state index in [4.69, 9.17) is 10.5 Å². The molecule has 1 aliphatic rings. The molecule has 2 amide bonds. The number of aliphatic hydroxyl groups is 1. The third kappa shape index (κ3) is 5.02. The van der Waals surface area contributed by atoms with Crippen molar-refractivity contribution in [1.82, 2.24) is 4.98 Å². The van der Waals surface area contributed by atoms with Gasteiger partial charge in [-0.05, 0) is 53.9 Å². The lowest BCUT2D eigenvalue weighted by Crippen LogP contribution is -2.55. The molecule has 4 rings (SSSR count). The van der Waals surface area contributed by atoms with Crippen LogP contribution in [0.15, 0.2) is 54.7 Å². The van der Waals surface area contributed by atoms with E-state index >= 15 is 0 Å². The Balaban J connectivity index is 1.45. The largest absolute Gasteiger partial charge is 0.573 e. The lowest BCUT2D eigenvalue weighted by Gasteiger charge is -2.34. The Morgan fingerprint density at radius 1 is 1.24 bits per heavy atom. The van der Waals surface area contributed by atoms with Gasteiger partial charge in [0.1, 0.15) is 11.6 Å². The number of nitrogens with zero attached hydrogens (tertiary/aromatic N) is 2. The average Bonchev–Trinajstić information content (AvgIpc) is 2.78. The summed E-state index contributed by atoms with van der Waals surface area (Å²) in [6.07, 6.45) is -6.65. The quantitative estimate of drug-likeness (QED) is 0.516. The summed E-state index contributed by atoms with van der Waals surface area (Å²) in [6.45, 7) is 0.0904. The number of nitrogen functional groups attached to an aromatic ring is 1. The standard InChI is InChI=1S/C22H19F3N4O5/c23-22(24,25)34-15-4-2-14(3-5-15)29-9-10-33-18(21(29)32)17(30)20(31)28-13-1-6-16-12(11-13)7-8-27-19(16)26/h1-8,11,17-18,30H,9-10H2,(H2,26,27)(H,28,31). The zero-order valence-electron chi connectivity index (χ0n) is 17.5. The monoisotopic (exact) mass is 476 g/mol. The fraction of sp³-hybridized carbons (Fsp3) is 0.227. The molecule has 0 radical (unpaired) electrons. The predicted octanol–water partition coefficient (Wildman–Crippen LogP) is 2.45. The first-order chi connectivity index (χ1) is 16.1. The maximum atomic E-state index is 12.9. The van der Waals surface area contributed by atoms with Gasteiger partial charge in [0.25, 0.3) is 11.8 Å². The van der Waals surface area contributed by atoms with Gasteiger partial charge in [0.15, 0.2) is 12.2 Å². The number of morpholine rings is 1. The number of halogens is 3. The van der Waals surface area contributed by atoms with Crippen molar-refractivity contribution in [2.75, 3.05) is 29.1 Å². The summed E-state index contributed by atoms with van der Waals surface area (Å²) in [5.74, 6) is -1.69. The van der Waals surface area contributed by atoms with Gasteiger partial charge in [-0.15, -0.1) is 13.2 Å². The first-order valence-corrected chi connectivity index (χ1v) is 10.0. The number of nitrogens with two attached hydrogens (primary N) is 1. The molecule has 2 heterocycles. The molecule has 0 aliphatic carbocycles. The molecule has 0 saturated carbocycles. The highest BCUT2D eigenvalue weighted by Gasteiger charge is 2.39. The Bertz CT molecular complexity index is 1220. The van der Waals surface area contributed by atoms with Gasteiger partial charge in [-0.25, -0.2) is 4.98 Å². The maximum absolute atomic E-state index is 12.9. The van der Waals surface area contributed by atoms with E-state index in [0.717, 1.165) is 12.1 Å². The number of alkyl halides is 3. The number of carbonyl (C=O) groups excluding carboxylic acids is 2. The van der Waals surface area contributed by atoms with Crippen molar-refractivity contribution >= 4 is 39.8 Å². The van der Waals surface area contributed by atoms with Crippen LogP contribution in [0.25, 0.3) is 10.8 Å². The van der Waals surface area contributed by atoms with E-state index in [1.54, 1.807) is 24.3 Å². The predicted molar refractivity (Wildman–Crippen MR) is 116 cm³/mol. The zero-order valence-corrected chi connectivity index (χ0v) is 17.5. The number of hydrogen-bond donors (Lipinski definition) is 3. The van der Waals surface area contributed by atoms with Gasteiger partial charge in [0.05, 0.1) is 6.61 Å². The van der Waals surface area contributed by atoms with E-state index < -0.39 is 36.1 Å². The van der Waals surface area contributed by atoms with Crippen molar-refractivity contribution in [3.05, 3.63) is 54.7 Å². The van der Waals surface area contributed by atoms with Crippen LogP contribution in [0, 0.1) is 0 Å². The van der Waals surface area contributed by atoms with Crippen LogP contribution in [0.4, 0.5) is 30.4 Å². The number of fused-ring (bicyclic) bond motifs is 1. The van der Waals surface area contributed by atoms with Crippen LogP contribution >= 0.6 is 0 Å². The molecule has 1 fully saturated rings. The van der Waals surface area contributed by atoms with Crippen molar-refractivity contribution < 1.29 is 37.3 Å². The van der Waals surface area contributed by atoms with Gasteiger partial charge >= 0.3 is 6.36 Å². The van der Waals surface area contributed by atoms with Crippen molar-refractivity contribution in [2.45, 2.75) is 18.6 Å². The first kappa shape index (κ1) is 23.3. The Labute approximate surface area is 190 Å². The van der Waals surface area contributed by atoms with E-state index in [1.807, 2.05) is 0 Å². The van der Waals surface area contributed by atoms with E-state index in [-0.39, 0.29) is 18.8 Å².